The fourth-order valence-electron chi connectivity index (χ4n) is 1.18. The molecule has 0 aromatic carbocycles. The van der Waals surface area contributed by atoms with Crippen LogP contribution >= 0.6 is 0 Å². The van der Waals surface area contributed by atoms with E-state index in [0.29, 0.717) is 5.65 Å². The van der Waals surface area contributed by atoms with Crippen molar-refractivity contribution < 1.29 is 4.39 Å². The van der Waals surface area contributed by atoms with Gasteiger partial charge in [-0.3, -0.25) is 9.20 Å². The first-order chi connectivity index (χ1) is 6.20. The lowest BCUT2D eigenvalue weighted by atomic mass is 10.4. The second kappa shape index (κ2) is 2.65. The highest BCUT2D eigenvalue weighted by molar-refractivity contribution is 5.38. The van der Waals surface area contributed by atoms with Gasteiger partial charge in [0.1, 0.15) is 5.65 Å². The Labute approximate surface area is 73.5 Å². The molecule has 2 aromatic heterocycles. The van der Waals surface area contributed by atoms with E-state index in [1.807, 2.05) is 0 Å². The maximum atomic E-state index is 13.1. The van der Waals surface area contributed by atoms with Crippen LogP contribution in [-0.4, -0.2) is 9.38 Å². The molecule has 0 amide bonds. The predicted molar refractivity (Wildman–Crippen MR) is 46.2 cm³/mol. The second-order valence-corrected chi connectivity index (χ2v) is 2.75. The largest absolute Gasteiger partial charge is 0.294 e. The summed E-state index contributed by atoms with van der Waals surface area (Å²) in [5.41, 5.74) is -0.0503. The van der Waals surface area contributed by atoms with Crippen LogP contribution in [0.2, 0.25) is 0 Å². The van der Waals surface area contributed by atoms with Crippen LogP contribution in [0.5, 0.6) is 0 Å². The lowest BCUT2D eigenvalue weighted by molar-refractivity contribution is 0.586. The Hall–Kier alpha value is -1.71. The molecule has 0 unspecified atom stereocenters. The number of hydrogen-bond acceptors (Lipinski definition) is 2. The maximum Gasteiger partial charge on any atom is 0.294 e. The van der Waals surface area contributed by atoms with Gasteiger partial charge in [-0.2, -0.15) is 4.39 Å². The molecule has 0 aliphatic rings. The second-order valence-electron chi connectivity index (χ2n) is 2.75. The third kappa shape index (κ3) is 1.11. The third-order valence-electron chi connectivity index (χ3n) is 1.84. The van der Waals surface area contributed by atoms with E-state index < -0.39 is 11.4 Å². The molecule has 0 aliphatic carbocycles. The fraction of sp³-hybridized carbons (Fsp3) is 0.111. The molecule has 0 atom stereocenters. The Bertz CT molecular complexity index is 518. The lowest BCUT2D eigenvalue weighted by Crippen LogP contribution is -2.19. The van der Waals surface area contributed by atoms with E-state index >= 15 is 0 Å². The molecule has 2 rings (SSSR count). The van der Waals surface area contributed by atoms with Gasteiger partial charge in [0, 0.05) is 6.20 Å². The van der Waals surface area contributed by atoms with E-state index in [1.54, 1.807) is 18.2 Å². The third-order valence-corrected chi connectivity index (χ3v) is 1.84. The number of fused-ring (bicyclic) bond motifs is 1. The van der Waals surface area contributed by atoms with Gasteiger partial charge in [0.2, 0.25) is 5.82 Å². The first-order valence-electron chi connectivity index (χ1n) is 3.83. The smallest absolute Gasteiger partial charge is 0.266 e. The highest BCUT2D eigenvalue weighted by Crippen LogP contribution is 2.00. The Kier molecular flexibility index (Phi) is 1.62. The first-order valence-corrected chi connectivity index (χ1v) is 3.83. The minimum Gasteiger partial charge on any atom is -0.266 e. The van der Waals surface area contributed by atoms with Gasteiger partial charge in [0.05, 0.1) is 5.69 Å². The molecular formula is C9H7FN2O. The van der Waals surface area contributed by atoms with Crippen LogP contribution in [0.3, 0.4) is 0 Å². The number of halogens is 1. The van der Waals surface area contributed by atoms with Gasteiger partial charge in [-0.05, 0) is 19.1 Å². The van der Waals surface area contributed by atoms with Crippen molar-refractivity contribution in [2.75, 3.05) is 0 Å². The zero-order chi connectivity index (χ0) is 9.42. The molecule has 13 heavy (non-hydrogen) atoms. The summed E-state index contributed by atoms with van der Waals surface area (Å²) >= 11 is 0. The lowest BCUT2D eigenvalue weighted by Gasteiger charge is -2.00. The molecule has 0 spiro atoms. The van der Waals surface area contributed by atoms with E-state index in [1.165, 1.54) is 17.5 Å². The molecule has 0 aliphatic heterocycles. The quantitative estimate of drug-likeness (QED) is 0.606. The molecule has 0 bridgehead atoms. The topological polar surface area (TPSA) is 34.4 Å². The summed E-state index contributed by atoms with van der Waals surface area (Å²) in [5, 5.41) is 0. The summed E-state index contributed by atoms with van der Waals surface area (Å²) in [5.74, 6) is -0.788. The van der Waals surface area contributed by atoms with Crippen LogP contribution in [-0.2, 0) is 0 Å². The number of pyridine rings is 1. The number of aryl methyl sites for hydroxylation is 1. The molecule has 66 valence electrons. The number of aromatic nitrogens is 2. The summed E-state index contributed by atoms with van der Waals surface area (Å²) in [7, 11) is 0. The Balaban J connectivity index is 3.03. The zero-order valence-electron chi connectivity index (χ0n) is 6.99. The van der Waals surface area contributed by atoms with Gasteiger partial charge < -0.3 is 0 Å². The molecule has 0 radical (unpaired) electrons. The van der Waals surface area contributed by atoms with Crippen LogP contribution in [0.15, 0.2) is 29.2 Å². The van der Waals surface area contributed by atoms with Gasteiger partial charge in [0.15, 0.2) is 0 Å². The van der Waals surface area contributed by atoms with E-state index in [2.05, 4.69) is 4.98 Å². The molecule has 0 fully saturated rings. The maximum absolute atomic E-state index is 13.1. The average Bonchev–Trinajstić information content (AvgIpc) is 2.15. The SMILES string of the molecule is Cc1nc2ccccn2c(=O)c1F. The van der Waals surface area contributed by atoms with Gasteiger partial charge in [0.25, 0.3) is 5.56 Å². The van der Waals surface area contributed by atoms with Gasteiger partial charge >= 0.3 is 0 Å². The summed E-state index contributed by atoms with van der Waals surface area (Å²) in [6.07, 6.45) is 1.49. The van der Waals surface area contributed by atoms with Crippen LogP contribution < -0.4 is 5.56 Å². The molecule has 2 heterocycles. The summed E-state index contributed by atoms with van der Waals surface area (Å²) < 4.78 is 14.2. The predicted octanol–water partition coefficient (Wildman–Crippen LogP) is 1.14. The molecule has 2 aromatic rings. The van der Waals surface area contributed by atoms with Crippen molar-refractivity contribution >= 4 is 5.65 Å². The van der Waals surface area contributed by atoms with Crippen LogP contribution in [0.4, 0.5) is 4.39 Å². The molecule has 4 heteroatoms. The summed E-state index contributed by atoms with van der Waals surface area (Å²) in [6, 6.07) is 5.07. The minimum atomic E-state index is -0.788. The van der Waals surface area contributed by atoms with Gasteiger partial charge in [-0.1, -0.05) is 6.07 Å². The Morgan fingerprint density at radius 2 is 2.23 bits per heavy atom. The van der Waals surface area contributed by atoms with Crippen LogP contribution in [0.25, 0.3) is 5.65 Å². The van der Waals surface area contributed by atoms with Crippen molar-refractivity contribution in [3.05, 3.63) is 46.3 Å². The van der Waals surface area contributed by atoms with Crippen molar-refractivity contribution in [1.82, 2.24) is 9.38 Å². The Morgan fingerprint density at radius 3 is 3.00 bits per heavy atom. The van der Waals surface area contributed by atoms with E-state index in [4.69, 9.17) is 0 Å². The highest BCUT2D eigenvalue weighted by atomic mass is 19.1. The van der Waals surface area contributed by atoms with Crippen LogP contribution in [0.1, 0.15) is 5.69 Å². The highest BCUT2D eigenvalue weighted by Gasteiger charge is 2.06. The zero-order valence-corrected chi connectivity index (χ0v) is 6.99. The molecule has 0 saturated heterocycles. The Morgan fingerprint density at radius 1 is 1.46 bits per heavy atom. The summed E-state index contributed by atoms with van der Waals surface area (Å²) in [6.45, 7) is 1.48. The number of hydrogen-bond donors (Lipinski definition) is 0. The monoisotopic (exact) mass is 178 g/mol. The normalized spacial score (nSPS) is 10.6. The standard InChI is InChI=1S/C9H7FN2O/c1-6-8(10)9(13)12-5-3-2-4-7(12)11-6/h2-5H,1H3. The molecule has 0 saturated carbocycles. The first kappa shape index (κ1) is 7.91. The van der Waals surface area contributed by atoms with Gasteiger partial charge in [-0.25, -0.2) is 4.98 Å². The number of nitrogens with zero attached hydrogens (tertiary/aromatic N) is 2. The van der Waals surface area contributed by atoms with Crippen molar-refractivity contribution in [1.29, 1.82) is 0 Å². The molecular weight excluding hydrogens is 171 g/mol. The summed E-state index contributed by atoms with van der Waals surface area (Å²) in [4.78, 5) is 15.2. The van der Waals surface area contributed by atoms with E-state index in [0.717, 1.165) is 0 Å². The van der Waals surface area contributed by atoms with Gasteiger partial charge in [-0.15, -0.1) is 0 Å². The minimum absolute atomic E-state index is 0.135. The van der Waals surface area contributed by atoms with Crippen molar-refractivity contribution in [3.8, 4) is 0 Å². The fourth-order valence-corrected chi connectivity index (χ4v) is 1.18. The number of rotatable bonds is 0. The van der Waals surface area contributed by atoms with E-state index in [-0.39, 0.29) is 5.69 Å². The van der Waals surface area contributed by atoms with E-state index in [9.17, 15) is 9.18 Å². The van der Waals surface area contributed by atoms with Crippen LogP contribution in [0, 0.1) is 12.7 Å². The molecule has 3 nitrogen and oxygen atoms in total. The van der Waals surface area contributed by atoms with Crippen molar-refractivity contribution in [3.63, 3.8) is 0 Å². The average molecular weight is 178 g/mol. The molecule has 0 N–H and O–H groups in total. The van der Waals surface area contributed by atoms with Crippen molar-refractivity contribution in [2.45, 2.75) is 6.92 Å². The van der Waals surface area contributed by atoms with Crippen molar-refractivity contribution in [2.24, 2.45) is 0 Å².